The normalized spacial score (nSPS) is 10.8. The summed E-state index contributed by atoms with van der Waals surface area (Å²) in [6.45, 7) is 2.22. The average Bonchev–Trinajstić information content (AvgIpc) is 3.17. The van der Waals surface area contributed by atoms with Crippen molar-refractivity contribution in [1.82, 2.24) is 14.7 Å². The second-order valence-corrected chi connectivity index (χ2v) is 6.69. The number of pyridine rings is 1. The summed E-state index contributed by atoms with van der Waals surface area (Å²) >= 11 is 0. The number of amides is 1. The lowest BCUT2D eigenvalue weighted by Gasteiger charge is -2.09. The Labute approximate surface area is 166 Å². The Morgan fingerprint density at radius 1 is 0.966 bits per heavy atom. The molecule has 0 radical (unpaired) electrons. The summed E-state index contributed by atoms with van der Waals surface area (Å²) in [5.74, 6) is -1.13. The predicted octanol–water partition coefficient (Wildman–Crippen LogP) is 3.94. The van der Waals surface area contributed by atoms with Gasteiger partial charge in [-0.05, 0) is 49.4 Å². The van der Waals surface area contributed by atoms with Crippen molar-refractivity contribution >= 4 is 17.3 Å². The number of hydrogen-bond donors (Lipinski definition) is 1. The van der Waals surface area contributed by atoms with Crippen LogP contribution >= 0.6 is 0 Å². The summed E-state index contributed by atoms with van der Waals surface area (Å²) in [6, 6.07) is 17.7. The molecule has 0 fully saturated rings. The Morgan fingerprint density at radius 3 is 2.41 bits per heavy atom. The van der Waals surface area contributed by atoms with Gasteiger partial charge < -0.3 is 9.72 Å². The number of halogens is 1. The fraction of sp³-hybridized carbons (Fsp3) is 0.0870. The standard InChI is InChI=1S/C23H18FN3O2/c1-15-5-4-8-21-26-18(14-27(15)21)13-25-23(29)20-7-3-2-6-19(20)22(28)16-9-11-17(24)12-10-16/h2-12,14H,13H2,1H3,(H,25,29). The van der Waals surface area contributed by atoms with Gasteiger partial charge >= 0.3 is 0 Å². The van der Waals surface area contributed by atoms with Crippen LogP contribution in [0.5, 0.6) is 0 Å². The molecule has 0 spiro atoms. The Balaban J connectivity index is 1.55. The topological polar surface area (TPSA) is 63.5 Å². The number of aromatic nitrogens is 2. The minimum atomic E-state index is -0.421. The molecule has 4 rings (SSSR count). The van der Waals surface area contributed by atoms with Crippen molar-refractivity contribution in [2.45, 2.75) is 13.5 Å². The van der Waals surface area contributed by atoms with Crippen molar-refractivity contribution in [3.05, 3.63) is 107 Å². The smallest absolute Gasteiger partial charge is 0.252 e. The first kappa shape index (κ1) is 18.6. The largest absolute Gasteiger partial charge is 0.346 e. The average molecular weight is 387 g/mol. The van der Waals surface area contributed by atoms with Gasteiger partial charge in [0, 0.05) is 23.0 Å². The van der Waals surface area contributed by atoms with E-state index in [0.29, 0.717) is 5.56 Å². The molecular weight excluding hydrogens is 369 g/mol. The van der Waals surface area contributed by atoms with E-state index in [9.17, 15) is 14.0 Å². The summed E-state index contributed by atoms with van der Waals surface area (Å²) < 4.78 is 15.1. The van der Waals surface area contributed by atoms with Crippen molar-refractivity contribution in [1.29, 1.82) is 0 Å². The predicted molar refractivity (Wildman–Crippen MR) is 107 cm³/mol. The Kier molecular flexibility index (Phi) is 4.91. The van der Waals surface area contributed by atoms with Crippen molar-refractivity contribution in [3.8, 4) is 0 Å². The van der Waals surface area contributed by atoms with E-state index >= 15 is 0 Å². The molecule has 1 amide bonds. The minimum absolute atomic E-state index is 0.235. The van der Waals surface area contributed by atoms with Gasteiger partial charge in [-0.2, -0.15) is 0 Å². The summed E-state index contributed by atoms with van der Waals surface area (Å²) in [4.78, 5) is 30.0. The van der Waals surface area contributed by atoms with Crippen LogP contribution in [0.15, 0.2) is 72.9 Å². The quantitative estimate of drug-likeness (QED) is 0.528. The lowest BCUT2D eigenvalue weighted by Crippen LogP contribution is -2.25. The summed E-state index contributed by atoms with van der Waals surface area (Å²) in [5.41, 5.74) is 3.42. The third-order valence-corrected chi connectivity index (χ3v) is 4.70. The summed E-state index contributed by atoms with van der Waals surface area (Å²) in [5, 5.41) is 2.82. The van der Waals surface area contributed by atoms with Crippen LogP contribution in [0, 0.1) is 12.7 Å². The SMILES string of the molecule is Cc1cccc2nc(CNC(=O)c3ccccc3C(=O)c3ccc(F)cc3)cn12. The van der Waals surface area contributed by atoms with Crippen LogP contribution in [0.3, 0.4) is 0 Å². The first-order valence-electron chi connectivity index (χ1n) is 9.14. The number of aryl methyl sites for hydroxylation is 1. The van der Waals surface area contributed by atoms with E-state index < -0.39 is 5.82 Å². The van der Waals surface area contributed by atoms with E-state index in [0.717, 1.165) is 17.0 Å². The molecule has 2 aromatic heterocycles. The van der Waals surface area contributed by atoms with Gasteiger partial charge in [0.05, 0.1) is 17.8 Å². The van der Waals surface area contributed by atoms with E-state index in [2.05, 4.69) is 10.3 Å². The van der Waals surface area contributed by atoms with Crippen LogP contribution in [0.4, 0.5) is 4.39 Å². The zero-order chi connectivity index (χ0) is 20.4. The fourth-order valence-corrected chi connectivity index (χ4v) is 3.19. The second kappa shape index (κ2) is 7.67. The van der Waals surface area contributed by atoms with Crippen molar-refractivity contribution in [2.24, 2.45) is 0 Å². The molecular formula is C23H18FN3O2. The molecule has 144 valence electrons. The Hall–Kier alpha value is -3.80. The van der Waals surface area contributed by atoms with E-state index in [4.69, 9.17) is 0 Å². The van der Waals surface area contributed by atoms with Crippen LogP contribution in [0.1, 0.15) is 37.7 Å². The molecule has 4 aromatic rings. The van der Waals surface area contributed by atoms with E-state index in [-0.39, 0.29) is 29.4 Å². The molecule has 0 saturated carbocycles. The first-order valence-corrected chi connectivity index (χ1v) is 9.14. The number of imidazole rings is 1. The van der Waals surface area contributed by atoms with Gasteiger partial charge in [0.2, 0.25) is 0 Å². The van der Waals surface area contributed by atoms with Gasteiger partial charge in [0.25, 0.3) is 5.91 Å². The maximum atomic E-state index is 13.1. The number of rotatable bonds is 5. The zero-order valence-corrected chi connectivity index (χ0v) is 15.7. The third-order valence-electron chi connectivity index (χ3n) is 4.70. The van der Waals surface area contributed by atoms with Gasteiger partial charge in [0.15, 0.2) is 5.78 Å². The number of fused-ring (bicyclic) bond motifs is 1. The summed E-state index contributed by atoms with van der Waals surface area (Å²) in [6.07, 6.45) is 1.88. The van der Waals surface area contributed by atoms with E-state index in [1.807, 2.05) is 35.7 Å². The third kappa shape index (κ3) is 3.78. The van der Waals surface area contributed by atoms with Crippen LogP contribution in [0.25, 0.3) is 5.65 Å². The first-order chi connectivity index (χ1) is 14.0. The van der Waals surface area contributed by atoms with Gasteiger partial charge in [-0.1, -0.05) is 24.3 Å². The number of carbonyl (C=O) groups is 2. The molecule has 0 aliphatic heterocycles. The van der Waals surface area contributed by atoms with Crippen LogP contribution < -0.4 is 5.32 Å². The minimum Gasteiger partial charge on any atom is -0.346 e. The Morgan fingerprint density at radius 2 is 1.69 bits per heavy atom. The van der Waals surface area contributed by atoms with E-state index in [1.54, 1.807) is 24.3 Å². The fourth-order valence-electron chi connectivity index (χ4n) is 3.19. The van der Waals surface area contributed by atoms with Crippen LogP contribution in [-0.2, 0) is 6.54 Å². The molecule has 2 heterocycles. The van der Waals surface area contributed by atoms with Crippen molar-refractivity contribution < 1.29 is 14.0 Å². The molecule has 0 atom stereocenters. The van der Waals surface area contributed by atoms with Crippen molar-refractivity contribution in [2.75, 3.05) is 0 Å². The highest BCUT2D eigenvalue weighted by molar-refractivity contribution is 6.15. The Bertz CT molecular complexity index is 1210. The number of ketones is 1. The summed E-state index contributed by atoms with van der Waals surface area (Å²) in [7, 11) is 0. The van der Waals surface area contributed by atoms with Crippen LogP contribution in [-0.4, -0.2) is 21.1 Å². The molecule has 29 heavy (non-hydrogen) atoms. The molecule has 0 aliphatic rings. The molecule has 5 nitrogen and oxygen atoms in total. The molecule has 1 N–H and O–H groups in total. The second-order valence-electron chi connectivity index (χ2n) is 6.69. The highest BCUT2D eigenvalue weighted by Gasteiger charge is 2.18. The highest BCUT2D eigenvalue weighted by Crippen LogP contribution is 2.16. The molecule has 0 unspecified atom stereocenters. The lowest BCUT2D eigenvalue weighted by atomic mass is 9.98. The number of nitrogens with zero attached hydrogens (tertiary/aromatic N) is 2. The maximum Gasteiger partial charge on any atom is 0.252 e. The number of hydrogen-bond acceptors (Lipinski definition) is 3. The maximum absolute atomic E-state index is 13.1. The molecule has 0 bridgehead atoms. The number of carbonyl (C=O) groups excluding carboxylic acids is 2. The van der Waals surface area contributed by atoms with Gasteiger partial charge in [-0.15, -0.1) is 0 Å². The monoisotopic (exact) mass is 387 g/mol. The van der Waals surface area contributed by atoms with Crippen LogP contribution in [0.2, 0.25) is 0 Å². The van der Waals surface area contributed by atoms with Gasteiger partial charge in [0.1, 0.15) is 11.5 Å². The van der Waals surface area contributed by atoms with Gasteiger partial charge in [-0.3, -0.25) is 9.59 Å². The van der Waals surface area contributed by atoms with E-state index in [1.165, 1.54) is 24.3 Å². The highest BCUT2D eigenvalue weighted by atomic mass is 19.1. The number of benzene rings is 2. The molecule has 0 aliphatic carbocycles. The molecule has 2 aromatic carbocycles. The van der Waals surface area contributed by atoms with Crippen molar-refractivity contribution in [3.63, 3.8) is 0 Å². The zero-order valence-electron chi connectivity index (χ0n) is 15.7. The molecule has 0 saturated heterocycles. The lowest BCUT2D eigenvalue weighted by molar-refractivity contribution is 0.0939. The number of nitrogens with one attached hydrogen (secondary N) is 1. The molecule has 6 heteroatoms. The van der Waals surface area contributed by atoms with Gasteiger partial charge in [-0.25, -0.2) is 9.37 Å².